The van der Waals surface area contributed by atoms with E-state index >= 15 is 0 Å². The lowest BCUT2D eigenvalue weighted by Gasteiger charge is -2.25. The van der Waals surface area contributed by atoms with Gasteiger partial charge in [0.05, 0.1) is 32.2 Å². The first-order valence-electron chi connectivity index (χ1n) is 10.9. The summed E-state index contributed by atoms with van der Waals surface area (Å²) in [5, 5.41) is 6.90. The summed E-state index contributed by atoms with van der Waals surface area (Å²) in [6, 6.07) is 20.6. The highest BCUT2D eigenvalue weighted by Crippen LogP contribution is 2.26. The number of benzene rings is 3. The van der Waals surface area contributed by atoms with E-state index in [1.165, 1.54) is 12.1 Å². The van der Waals surface area contributed by atoms with Crippen LogP contribution in [0.25, 0.3) is 0 Å². The van der Waals surface area contributed by atoms with Crippen molar-refractivity contribution in [3.05, 3.63) is 89.7 Å². The van der Waals surface area contributed by atoms with Gasteiger partial charge in [0, 0.05) is 18.5 Å². The average molecular weight is 464 g/mol. The van der Waals surface area contributed by atoms with Gasteiger partial charge in [0.25, 0.3) is 0 Å². The zero-order chi connectivity index (χ0) is 23.9. The van der Waals surface area contributed by atoms with E-state index in [9.17, 15) is 9.18 Å². The molecule has 1 aliphatic rings. The Morgan fingerprint density at radius 2 is 1.88 bits per heavy atom. The predicted molar refractivity (Wildman–Crippen MR) is 128 cm³/mol. The standard InChI is InChI=1S/C26H26FN3O4/c1-32-19-9-7-8-18(14-19)16-30(26(31)28-23-12-5-4-11-22(23)27)17-20-15-24(29-34-20)21-10-3-6-13-25(21)33-2/h3-14,20H,15-17H2,1-2H3,(H,28,31). The molecular formula is C26H26FN3O4. The van der Waals surface area contributed by atoms with E-state index in [4.69, 9.17) is 14.3 Å². The lowest BCUT2D eigenvalue weighted by atomic mass is 10.0. The molecule has 3 aromatic rings. The minimum absolute atomic E-state index is 0.112. The summed E-state index contributed by atoms with van der Waals surface area (Å²) in [5.74, 6) is 0.887. The fourth-order valence-electron chi connectivity index (χ4n) is 3.78. The first-order chi connectivity index (χ1) is 16.6. The summed E-state index contributed by atoms with van der Waals surface area (Å²) in [5.41, 5.74) is 2.58. The molecule has 0 aliphatic carbocycles. The molecular weight excluding hydrogens is 437 g/mol. The van der Waals surface area contributed by atoms with Crippen LogP contribution in [0.3, 0.4) is 0 Å². The van der Waals surface area contributed by atoms with Gasteiger partial charge in [-0.2, -0.15) is 0 Å². The van der Waals surface area contributed by atoms with E-state index in [-0.39, 0.29) is 24.9 Å². The third kappa shape index (κ3) is 5.46. The molecule has 8 heteroatoms. The van der Waals surface area contributed by atoms with Gasteiger partial charge in [-0.3, -0.25) is 0 Å². The molecule has 176 valence electrons. The zero-order valence-corrected chi connectivity index (χ0v) is 19.0. The van der Waals surface area contributed by atoms with Crippen molar-refractivity contribution in [2.45, 2.75) is 19.1 Å². The number of halogens is 1. The van der Waals surface area contributed by atoms with Gasteiger partial charge < -0.3 is 24.5 Å². The van der Waals surface area contributed by atoms with Crippen molar-refractivity contribution in [2.75, 3.05) is 26.1 Å². The number of nitrogens with one attached hydrogen (secondary N) is 1. The first kappa shape index (κ1) is 23.1. The van der Waals surface area contributed by atoms with Crippen LogP contribution in [0.2, 0.25) is 0 Å². The van der Waals surface area contributed by atoms with Crippen molar-refractivity contribution in [1.82, 2.24) is 4.90 Å². The van der Waals surface area contributed by atoms with E-state index in [0.717, 1.165) is 16.8 Å². The van der Waals surface area contributed by atoms with Gasteiger partial charge in [0.1, 0.15) is 17.3 Å². The van der Waals surface area contributed by atoms with Crippen LogP contribution >= 0.6 is 0 Å². The summed E-state index contributed by atoms with van der Waals surface area (Å²) < 4.78 is 24.9. The number of urea groups is 1. The topological polar surface area (TPSA) is 72.4 Å². The average Bonchev–Trinajstić information content (AvgIpc) is 3.33. The number of anilines is 1. The lowest BCUT2D eigenvalue weighted by Crippen LogP contribution is -2.40. The summed E-state index contributed by atoms with van der Waals surface area (Å²) in [6.45, 7) is 0.529. The second kappa shape index (κ2) is 10.7. The molecule has 0 spiro atoms. The third-order valence-electron chi connectivity index (χ3n) is 5.49. The number of hydrogen-bond acceptors (Lipinski definition) is 5. The molecule has 0 aromatic heterocycles. The molecule has 0 saturated heterocycles. The minimum atomic E-state index is -0.504. The number of methoxy groups -OCH3 is 2. The number of carbonyl (C=O) groups excluding carboxylic acids is 1. The Balaban J connectivity index is 1.51. The summed E-state index contributed by atoms with van der Waals surface area (Å²) >= 11 is 0. The van der Waals surface area contributed by atoms with Crippen molar-refractivity contribution in [2.24, 2.45) is 5.16 Å². The number of ether oxygens (including phenoxy) is 2. The Bertz CT molecular complexity index is 1180. The van der Waals surface area contributed by atoms with E-state index in [1.807, 2.05) is 48.5 Å². The van der Waals surface area contributed by atoms with E-state index in [0.29, 0.717) is 17.9 Å². The number of oxime groups is 1. The molecule has 3 aromatic carbocycles. The Labute approximate surface area is 197 Å². The number of hydrogen-bond donors (Lipinski definition) is 1. The van der Waals surface area contributed by atoms with Crippen LogP contribution in [-0.2, 0) is 11.4 Å². The van der Waals surface area contributed by atoms with Gasteiger partial charge in [0.15, 0.2) is 6.10 Å². The van der Waals surface area contributed by atoms with Crippen molar-refractivity contribution in [1.29, 1.82) is 0 Å². The minimum Gasteiger partial charge on any atom is -0.497 e. The van der Waals surface area contributed by atoms with Gasteiger partial charge in [-0.15, -0.1) is 0 Å². The highest BCUT2D eigenvalue weighted by molar-refractivity contribution is 6.03. The zero-order valence-electron chi connectivity index (χ0n) is 19.0. The Morgan fingerprint density at radius 1 is 1.09 bits per heavy atom. The molecule has 1 unspecified atom stereocenters. The normalized spacial score (nSPS) is 14.7. The molecule has 0 fully saturated rings. The molecule has 1 aliphatic heterocycles. The fraction of sp³-hybridized carbons (Fsp3) is 0.231. The second-order valence-corrected chi connectivity index (χ2v) is 7.81. The van der Waals surface area contributed by atoms with Crippen LogP contribution in [0, 0.1) is 5.82 Å². The maximum Gasteiger partial charge on any atom is 0.322 e. The van der Waals surface area contributed by atoms with E-state index in [1.54, 1.807) is 31.3 Å². The highest BCUT2D eigenvalue weighted by atomic mass is 19.1. The molecule has 2 amide bonds. The molecule has 7 nitrogen and oxygen atoms in total. The molecule has 0 saturated carbocycles. The smallest absolute Gasteiger partial charge is 0.322 e. The predicted octanol–water partition coefficient (Wildman–Crippen LogP) is 5.07. The van der Waals surface area contributed by atoms with Crippen molar-refractivity contribution in [3.8, 4) is 11.5 Å². The summed E-state index contributed by atoms with van der Waals surface area (Å²) in [6.07, 6.45) is 0.138. The number of para-hydroxylation sites is 2. The number of nitrogens with zero attached hydrogens (tertiary/aromatic N) is 2. The van der Waals surface area contributed by atoms with Crippen molar-refractivity contribution < 1.29 is 23.5 Å². The molecule has 4 rings (SSSR count). The highest BCUT2D eigenvalue weighted by Gasteiger charge is 2.28. The number of carbonyl (C=O) groups is 1. The molecule has 1 atom stereocenters. The Hall–Kier alpha value is -4.07. The van der Waals surface area contributed by atoms with Crippen LogP contribution in [0.4, 0.5) is 14.9 Å². The number of amides is 2. The third-order valence-corrected chi connectivity index (χ3v) is 5.49. The SMILES string of the molecule is COc1cccc(CN(CC2CC(c3ccccc3OC)=NO2)C(=O)Nc2ccccc2F)c1. The second-order valence-electron chi connectivity index (χ2n) is 7.81. The van der Waals surface area contributed by atoms with Gasteiger partial charge in [-0.25, -0.2) is 9.18 Å². The summed E-state index contributed by atoms with van der Waals surface area (Å²) in [4.78, 5) is 20.4. The van der Waals surface area contributed by atoms with Crippen LogP contribution < -0.4 is 14.8 Å². The van der Waals surface area contributed by atoms with Crippen LogP contribution in [0.15, 0.2) is 78.0 Å². The molecule has 34 heavy (non-hydrogen) atoms. The van der Waals surface area contributed by atoms with Crippen LogP contribution in [0.5, 0.6) is 11.5 Å². The molecule has 1 heterocycles. The van der Waals surface area contributed by atoms with Crippen molar-refractivity contribution >= 4 is 17.4 Å². The summed E-state index contributed by atoms with van der Waals surface area (Å²) in [7, 11) is 3.19. The van der Waals surface area contributed by atoms with E-state index < -0.39 is 11.8 Å². The quantitative estimate of drug-likeness (QED) is 0.506. The largest absolute Gasteiger partial charge is 0.497 e. The van der Waals surface area contributed by atoms with Crippen LogP contribution in [-0.4, -0.2) is 43.5 Å². The Morgan fingerprint density at radius 3 is 2.68 bits per heavy atom. The number of rotatable bonds is 8. The molecule has 0 radical (unpaired) electrons. The maximum atomic E-state index is 14.1. The fourth-order valence-corrected chi connectivity index (χ4v) is 3.78. The van der Waals surface area contributed by atoms with Crippen LogP contribution in [0.1, 0.15) is 17.5 Å². The maximum absolute atomic E-state index is 14.1. The van der Waals surface area contributed by atoms with Gasteiger partial charge in [-0.05, 0) is 42.0 Å². The van der Waals surface area contributed by atoms with Gasteiger partial charge in [-0.1, -0.05) is 41.6 Å². The first-order valence-corrected chi connectivity index (χ1v) is 10.9. The van der Waals surface area contributed by atoms with Crippen molar-refractivity contribution in [3.63, 3.8) is 0 Å². The van der Waals surface area contributed by atoms with Gasteiger partial charge >= 0.3 is 6.03 Å². The molecule has 0 bridgehead atoms. The Kier molecular flexibility index (Phi) is 7.27. The monoisotopic (exact) mass is 463 g/mol. The lowest BCUT2D eigenvalue weighted by molar-refractivity contribution is 0.0608. The molecule has 1 N–H and O–H groups in total. The van der Waals surface area contributed by atoms with E-state index in [2.05, 4.69) is 10.5 Å². The van der Waals surface area contributed by atoms with Gasteiger partial charge in [0.2, 0.25) is 0 Å².